The van der Waals surface area contributed by atoms with Crippen molar-refractivity contribution in [2.75, 3.05) is 0 Å². The van der Waals surface area contributed by atoms with Gasteiger partial charge in [-0.2, -0.15) is 0 Å². The summed E-state index contributed by atoms with van der Waals surface area (Å²) < 4.78 is 0. The van der Waals surface area contributed by atoms with Gasteiger partial charge >= 0.3 is 0 Å². The van der Waals surface area contributed by atoms with Crippen LogP contribution in [0.1, 0.15) is 0 Å². The van der Waals surface area contributed by atoms with Crippen LogP contribution in [0.3, 0.4) is 0 Å². The number of hydrogen-bond acceptors (Lipinski definition) is 3. The Hall–Kier alpha value is -4.37. The molecule has 3 aromatic carbocycles. The van der Waals surface area contributed by atoms with Crippen molar-refractivity contribution < 1.29 is 0 Å². The highest BCUT2D eigenvalue weighted by atomic mass is 14.6. The van der Waals surface area contributed by atoms with Crippen molar-refractivity contribution >= 4 is 21.7 Å². The highest BCUT2D eigenvalue weighted by Crippen LogP contribution is 2.34. The molecule has 0 atom stereocenters. The number of nitrogens with zero attached hydrogens (tertiary/aromatic N) is 3. The molecule has 0 spiro atoms. The molecule has 3 aromatic heterocycles. The van der Waals surface area contributed by atoms with Crippen LogP contribution in [0.5, 0.6) is 0 Å². The molecule has 0 saturated heterocycles. The van der Waals surface area contributed by atoms with Crippen LogP contribution >= 0.6 is 0 Å². The van der Waals surface area contributed by atoms with E-state index in [1.807, 2.05) is 43.1 Å². The van der Waals surface area contributed by atoms with E-state index in [0.29, 0.717) is 0 Å². The SMILES string of the molecule is c1cc(-c2ccncc2)c2cc(-c3ccc4nccc(-c5ccncc5)c4c3)ccc2c1. The summed E-state index contributed by atoms with van der Waals surface area (Å²) in [5.41, 5.74) is 8.04. The van der Waals surface area contributed by atoms with E-state index in [1.165, 1.54) is 33.0 Å². The van der Waals surface area contributed by atoms with Crippen molar-refractivity contribution in [3.63, 3.8) is 0 Å². The predicted octanol–water partition coefficient (Wildman–Crippen LogP) is 7.18. The number of hydrogen-bond donors (Lipinski definition) is 0. The second kappa shape index (κ2) is 7.71. The zero-order valence-corrected chi connectivity index (χ0v) is 17.3. The van der Waals surface area contributed by atoms with Crippen LogP contribution in [0.25, 0.3) is 55.1 Å². The zero-order valence-electron chi connectivity index (χ0n) is 17.3. The van der Waals surface area contributed by atoms with Crippen molar-refractivity contribution in [3.8, 4) is 33.4 Å². The molecule has 0 saturated carbocycles. The fraction of sp³-hybridized carbons (Fsp3) is 0. The lowest BCUT2D eigenvalue weighted by molar-refractivity contribution is 1.33. The molecule has 32 heavy (non-hydrogen) atoms. The van der Waals surface area contributed by atoms with Crippen LogP contribution in [0.2, 0.25) is 0 Å². The van der Waals surface area contributed by atoms with Gasteiger partial charge in [-0.05, 0) is 92.7 Å². The van der Waals surface area contributed by atoms with Crippen molar-refractivity contribution in [3.05, 3.63) is 116 Å². The van der Waals surface area contributed by atoms with Gasteiger partial charge in [-0.3, -0.25) is 15.0 Å². The molecule has 0 unspecified atom stereocenters. The van der Waals surface area contributed by atoms with Gasteiger partial charge in [0.15, 0.2) is 0 Å². The van der Waals surface area contributed by atoms with Crippen LogP contribution in [0, 0.1) is 0 Å². The third-order valence-corrected chi connectivity index (χ3v) is 5.94. The van der Waals surface area contributed by atoms with Gasteiger partial charge < -0.3 is 0 Å². The minimum absolute atomic E-state index is 0.987. The first kappa shape index (κ1) is 18.4. The maximum atomic E-state index is 4.58. The molecule has 0 radical (unpaired) electrons. The maximum Gasteiger partial charge on any atom is 0.0708 e. The summed E-state index contributed by atoms with van der Waals surface area (Å²) in [6, 6.07) is 29.9. The van der Waals surface area contributed by atoms with E-state index in [2.05, 4.69) is 87.7 Å². The van der Waals surface area contributed by atoms with E-state index in [-0.39, 0.29) is 0 Å². The Morgan fingerprint density at radius 3 is 1.78 bits per heavy atom. The molecule has 0 aliphatic heterocycles. The summed E-state index contributed by atoms with van der Waals surface area (Å²) in [6.07, 6.45) is 9.21. The summed E-state index contributed by atoms with van der Waals surface area (Å²) in [5, 5.41) is 3.60. The van der Waals surface area contributed by atoms with E-state index < -0.39 is 0 Å². The lowest BCUT2D eigenvalue weighted by Crippen LogP contribution is -1.87. The maximum absolute atomic E-state index is 4.58. The van der Waals surface area contributed by atoms with Gasteiger partial charge in [0.05, 0.1) is 5.52 Å². The normalized spacial score (nSPS) is 11.1. The first-order chi connectivity index (χ1) is 15.9. The number of aromatic nitrogens is 3. The highest BCUT2D eigenvalue weighted by molar-refractivity contribution is 6.01. The molecule has 0 bridgehead atoms. The fourth-order valence-electron chi connectivity index (χ4n) is 4.34. The molecule has 0 amide bonds. The van der Waals surface area contributed by atoms with Gasteiger partial charge in [0.25, 0.3) is 0 Å². The molecule has 6 aromatic rings. The summed E-state index contributed by atoms with van der Waals surface area (Å²) in [6.45, 7) is 0. The molecule has 0 fully saturated rings. The Balaban J connectivity index is 1.54. The summed E-state index contributed by atoms with van der Waals surface area (Å²) >= 11 is 0. The minimum Gasteiger partial charge on any atom is -0.265 e. The molecule has 6 rings (SSSR count). The predicted molar refractivity (Wildman–Crippen MR) is 131 cm³/mol. The molecule has 150 valence electrons. The van der Waals surface area contributed by atoms with Gasteiger partial charge in [-0.15, -0.1) is 0 Å². The van der Waals surface area contributed by atoms with Crippen LogP contribution < -0.4 is 0 Å². The van der Waals surface area contributed by atoms with Gasteiger partial charge in [-0.25, -0.2) is 0 Å². The fourth-order valence-corrected chi connectivity index (χ4v) is 4.34. The van der Waals surface area contributed by atoms with Gasteiger partial charge in [0, 0.05) is 36.4 Å². The lowest BCUT2D eigenvalue weighted by Gasteiger charge is -2.11. The van der Waals surface area contributed by atoms with Crippen LogP contribution in [-0.4, -0.2) is 15.0 Å². The summed E-state index contributed by atoms with van der Waals surface area (Å²) in [5.74, 6) is 0. The number of fused-ring (bicyclic) bond motifs is 2. The van der Waals surface area contributed by atoms with Crippen molar-refractivity contribution in [2.45, 2.75) is 0 Å². The largest absolute Gasteiger partial charge is 0.265 e. The highest BCUT2D eigenvalue weighted by Gasteiger charge is 2.09. The van der Waals surface area contributed by atoms with E-state index in [1.54, 1.807) is 0 Å². The molecule has 0 N–H and O–H groups in total. The average molecular weight is 409 g/mol. The summed E-state index contributed by atoms with van der Waals surface area (Å²) in [4.78, 5) is 12.9. The van der Waals surface area contributed by atoms with Crippen molar-refractivity contribution in [1.82, 2.24) is 15.0 Å². The quantitative estimate of drug-likeness (QED) is 0.311. The standard InChI is InChI=1S/C29H19N3/c1-2-20-4-5-23(18-27(20)25(3-1)21-8-13-30-14-9-21)24-6-7-29-28(19-24)26(12-17-32-29)22-10-15-31-16-11-22/h1-19H. The lowest BCUT2D eigenvalue weighted by atomic mass is 9.94. The van der Waals surface area contributed by atoms with E-state index in [9.17, 15) is 0 Å². The van der Waals surface area contributed by atoms with Gasteiger partial charge in [0.2, 0.25) is 0 Å². The topological polar surface area (TPSA) is 38.7 Å². The molecular formula is C29H19N3. The Kier molecular flexibility index (Phi) is 4.43. The third-order valence-electron chi connectivity index (χ3n) is 5.94. The Morgan fingerprint density at radius 2 is 1.06 bits per heavy atom. The first-order valence-electron chi connectivity index (χ1n) is 10.6. The number of benzene rings is 3. The van der Waals surface area contributed by atoms with Crippen LogP contribution in [0.4, 0.5) is 0 Å². The smallest absolute Gasteiger partial charge is 0.0708 e. The second-order valence-electron chi connectivity index (χ2n) is 7.80. The molecule has 3 heterocycles. The first-order valence-corrected chi connectivity index (χ1v) is 10.6. The molecule has 0 aliphatic rings. The number of rotatable bonds is 3. The van der Waals surface area contributed by atoms with Crippen LogP contribution in [0.15, 0.2) is 116 Å². The molecule has 0 aliphatic carbocycles. The van der Waals surface area contributed by atoms with Crippen LogP contribution in [-0.2, 0) is 0 Å². The molecular weight excluding hydrogens is 390 g/mol. The Labute approximate surface area is 186 Å². The van der Waals surface area contributed by atoms with Crippen molar-refractivity contribution in [1.29, 1.82) is 0 Å². The third kappa shape index (κ3) is 3.21. The monoisotopic (exact) mass is 409 g/mol. The van der Waals surface area contributed by atoms with Gasteiger partial charge in [0.1, 0.15) is 0 Å². The summed E-state index contributed by atoms with van der Waals surface area (Å²) in [7, 11) is 0. The van der Waals surface area contributed by atoms with Gasteiger partial charge in [-0.1, -0.05) is 36.4 Å². The molecule has 3 nitrogen and oxygen atoms in total. The van der Waals surface area contributed by atoms with E-state index >= 15 is 0 Å². The van der Waals surface area contributed by atoms with E-state index in [4.69, 9.17) is 0 Å². The Bertz CT molecular complexity index is 1440. The minimum atomic E-state index is 0.987. The zero-order chi connectivity index (χ0) is 21.3. The molecule has 3 heteroatoms. The second-order valence-corrected chi connectivity index (χ2v) is 7.80. The Morgan fingerprint density at radius 1 is 0.438 bits per heavy atom. The average Bonchev–Trinajstić information content (AvgIpc) is 2.88. The van der Waals surface area contributed by atoms with E-state index in [0.717, 1.165) is 22.0 Å². The number of pyridine rings is 3. The van der Waals surface area contributed by atoms with Crippen molar-refractivity contribution in [2.24, 2.45) is 0 Å².